The summed E-state index contributed by atoms with van der Waals surface area (Å²) in [6, 6.07) is 0. The number of rotatable bonds is 0. The maximum Gasteiger partial charge on any atom is 0 e. The second kappa shape index (κ2) is 16.6. The van der Waals surface area contributed by atoms with Gasteiger partial charge >= 0.3 is 72.3 Å². The van der Waals surface area contributed by atoms with Crippen molar-refractivity contribution in [3.63, 3.8) is 0 Å². The molecule has 0 unspecified atom stereocenters. The molecule has 0 aliphatic carbocycles. The smallest absolute Gasteiger partial charge is 0 e. The van der Waals surface area contributed by atoms with Gasteiger partial charge in [0.25, 0.3) is 0 Å². The molecule has 4 heteroatoms. The molecule has 0 saturated heterocycles. The van der Waals surface area contributed by atoms with Gasteiger partial charge in [0.1, 0.15) is 0 Å². The molecular weight excluding hydrogens is 214 g/mol. The first-order valence-corrected chi connectivity index (χ1v) is 0. The van der Waals surface area contributed by atoms with E-state index in [2.05, 4.69) is 0 Å². The van der Waals surface area contributed by atoms with Crippen molar-refractivity contribution in [1.82, 2.24) is 0 Å². The molecule has 0 amide bonds. The van der Waals surface area contributed by atoms with E-state index in [0.29, 0.717) is 0 Å². The van der Waals surface area contributed by atoms with Crippen LogP contribution in [0.4, 0.5) is 0 Å². The Bertz CT molecular complexity index is 8.00. The summed E-state index contributed by atoms with van der Waals surface area (Å²) in [4.78, 5) is 0. The van der Waals surface area contributed by atoms with Gasteiger partial charge in [-0.1, -0.05) is 0 Å². The van der Waals surface area contributed by atoms with E-state index in [1.165, 1.54) is 0 Å². The summed E-state index contributed by atoms with van der Waals surface area (Å²) in [7, 11) is 0. The maximum atomic E-state index is 0. The second-order valence-corrected chi connectivity index (χ2v) is 0. The summed E-state index contributed by atoms with van der Waals surface area (Å²) in [5.41, 5.74) is 0. The van der Waals surface area contributed by atoms with Gasteiger partial charge in [0.15, 0.2) is 0 Å². The van der Waals surface area contributed by atoms with Crippen molar-refractivity contribution in [2.24, 2.45) is 0 Å². The predicted molar refractivity (Wildman–Crippen MR) is 22.8 cm³/mol. The summed E-state index contributed by atoms with van der Waals surface area (Å²) in [6.45, 7) is 0. The summed E-state index contributed by atoms with van der Waals surface area (Å²) in [5.74, 6) is 0. The van der Waals surface area contributed by atoms with Crippen LogP contribution in [0.15, 0.2) is 0 Å². The Morgan fingerprint density at radius 2 is 1.00 bits per heavy atom. The Morgan fingerprint density at radius 3 is 1.00 bits per heavy atom. The Hall–Kier alpha value is 3.02. The van der Waals surface area contributed by atoms with Crippen molar-refractivity contribution in [3.05, 3.63) is 0 Å². The van der Waals surface area contributed by atoms with Gasteiger partial charge in [0.2, 0.25) is 0 Å². The molecule has 0 rings (SSSR count). The van der Waals surface area contributed by atoms with Gasteiger partial charge in [-0.05, 0) is 0 Å². The zero-order valence-corrected chi connectivity index (χ0v) is 8.42. The molecule has 4 heavy (non-hydrogen) atoms. The van der Waals surface area contributed by atoms with Gasteiger partial charge in [-0.2, -0.15) is 0 Å². The van der Waals surface area contributed by atoms with Gasteiger partial charge in [0.05, 0.1) is 0 Å². The van der Waals surface area contributed by atoms with E-state index in [9.17, 15) is 0 Å². The van der Waals surface area contributed by atoms with Gasteiger partial charge in [0, 0.05) is 19.5 Å². The first-order valence-electron chi connectivity index (χ1n) is 0. The monoisotopic (exact) mass is 218 g/mol. The first-order chi connectivity index (χ1) is 0. The Kier molecular flexibility index (Phi) is 116. The van der Waals surface area contributed by atoms with Gasteiger partial charge in [-0.15, -0.1) is 0 Å². The second-order valence-electron chi connectivity index (χ2n) is 0. The van der Waals surface area contributed by atoms with Crippen molar-refractivity contribution in [2.75, 3.05) is 0 Å². The Morgan fingerprint density at radius 1 is 1.00 bits per heavy atom. The quantitative estimate of drug-likeness (QED) is 0.404. The van der Waals surface area contributed by atoms with Crippen LogP contribution in [0.3, 0.4) is 0 Å². The fraction of sp³-hybridized carbons (Fsp3) is 0. The molecule has 0 N–H and O–H groups in total. The molecule has 0 aromatic heterocycles. The molecule has 0 bridgehead atoms. The van der Waals surface area contributed by atoms with E-state index in [-0.39, 0.29) is 91.8 Å². The number of hydrogen-bond donors (Lipinski definition) is 0. The topological polar surface area (TPSA) is 0 Å². The van der Waals surface area contributed by atoms with Crippen molar-refractivity contribution < 1.29 is 19.5 Å². The Labute approximate surface area is 90.0 Å². The molecule has 0 aliphatic heterocycles. The average molecular weight is 218 g/mol. The zero-order valence-electron chi connectivity index (χ0n) is 1.41. The minimum Gasteiger partial charge on any atom is 0 e. The first kappa shape index (κ1) is 27.9. The molecule has 0 aromatic carbocycles. The van der Waals surface area contributed by atoms with Crippen LogP contribution in [-0.4, -0.2) is 72.3 Å². The summed E-state index contributed by atoms with van der Waals surface area (Å²) in [5, 5.41) is 0. The van der Waals surface area contributed by atoms with Gasteiger partial charge in [-0.3, -0.25) is 0 Å². The van der Waals surface area contributed by atoms with E-state index >= 15 is 0 Å². The van der Waals surface area contributed by atoms with Crippen molar-refractivity contribution in [2.45, 2.75) is 0 Å². The molecule has 0 atom stereocenters. The summed E-state index contributed by atoms with van der Waals surface area (Å²) < 4.78 is 0. The molecular formula is H4LiNaSnZn. The molecule has 0 aliphatic rings. The van der Waals surface area contributed by atoms with Crippen molar-refractivity contribution in [3.8, 4) is 0 Å². The van der Waals surface area contributed by atoms with Crippen LogP contribution in [0.5, 0.6) is 0 Å². The molecule has 0 heterocycles. The van der Waals surface area contributed by atoms with E-state index in [1.54, 1.807) is 0 Å². The SMILES string of the molecule is [LiH].[NaH].[SnH2].[Zn]. The fourth-order valence-corrected chi connectivity index (χ4v) is 0. The van der Waals surface area contributed by atoms with Crippen LogP contribution in [0, 0.1) is 0 Å². The fourth-order valence-electron chi connectivity index (χ4n) is 0. The van der Waals surface area contributed by atoms with Crippen LogP contribution >= 0.6 is 0 Å². The third-order valence-corrected chi connectivity index (χ3v) is 0. The van der Waals surface area contributed by atoms with Crippen LogP contribution in [0.25, 0.3) is 0 Å². The third-order valence-electron chi connectivity index (χ3n) is 0. The molecule has 0 spiro atoms. The molecule has 0 fully saturated rings. The molecule has 12 valence electrons. The molecule has 0 saturated carbocycles. The van der Waals surface area contributed by atoms with Crippen LogP contribution in [0.2, 0.25) is 0 Å². The summed E-state index contributed by atoms with van der Waals surface area (Å²) >= 11 is 0. The molecule has 0 aromatic rings. The number of hydrogen-bond acceptors (Lipinski definition) is 0. The maximum absolute atomic E-state index is 0. The Balaban J connectivity index is 0. The van der Waals surface area contributed by atoms with E-state index in [4.69, 9.17) is 0 Å². The van der Waals surface area contributed by atoms with Gasteiger partial charge < -0.3 is 0 Å². The summed E-state index contributed by atoms with van der Waals surface area (Å²) in [6.07, 6.45) is 0. The van der Waals surface area contributed by atoms with Crippen LogP contribution in [0.1, 0.15) is 0 Å². The van der Waals surface area contributed by atoms with E-state index < -0.39 is 0 Å². The minimum absolute atomic E-state index is 0. The van der Waals surface area contributed by atoms with Crippen molar-refractivity contribution in [1.29, 1.82) is 0 Å². The van der Waals surface area contributed by atoms with E-state index in [0.717, 1.165) is 0 Å². The normalized spacial score (nSPS) is 0. The average Bonchev–Trinajstić information content (AvgIpc) is 0. The van der Waals surface area contributed by atoms with Crippen LogP contribution in [-0.2, 0) is 19.5 Å². The standard InChI is InChI=1S/Li.Na.Sn.Zn.4H. The molecule has 2 radical (unpaired) electrons. The minimum atomic E-state index is 0. The molecule has 0 nitrogen and oxygen atoms in total. The predicted octanol–water partition coefficient (Wildman–Crippen LogP) is -2.22. The zero-order chi connectivity index (χ0) is 0. The van der Waals surface area contributed by atoms with E-state index in [1.807, 2.05) is 0 Å². The third kappa shape index (κ3) is 8.89. The van der Waals surface area contributed by atoms with Crippen LogP contribution < -0.4 is 0 Å². The largest absolute Gasteiger partial charge is 0 e. The van der Waals surface area contributed by atoms with Gasteiger partial charge in [-0.25, -0.2) is 0 Å². The van der Waals surface area contributed by atoms with Crippen molar-refractivity contribution >= 4 is 72.3 Å².